The summed E-state index contributed by atoms with van der Waals surface area (Å²) in [5.41, 5.74) is 4.60. The zero-order chi connectivity index (χ0) is 22.7. The standard InChI is InChI=1S/C25H28N2O5/c1-2-21(24(29)30)26-23(28)19-12-7-13-22(19)27-25(31)32-14-20-17-10-5-3-8-15(17)16-9-4-6-11-18(16)20/h3-6,8-11,19-22H,2,7,12-14H2,1H3,(H,26,28)(H,27,31)(H,29,30)/t19-,21-,22+/m1/s1. The van der Waals surface area contributed by atoms with E-state index in [0.717, 1.165) is 28.7 Å². The summed E-state index contributed by atoms with van der Waals surface area (Å²) in [6.07, 6.45) is 1.80. The van der Waals surface area contributed by atoms with Crippen LogP contribution in [-0.4, -0.2) is 41.8 Å². The monoisotopic (exact) mass is 436 g/mol. The lowest BCUT2D eigenvalue weighted by atomic mass is 9.98. The van der Waals surface area contributed by atoms with E-state index in [9.17, 15) is 19.5 Å². The second-order valence-electron chi connectivity index (χ2n) is 8.42. The fourth-order valence-corrected chi connectivity index (χ4v) is 4.86. The fraction of sp³-hybridized carbons (Fsp3) is 0.400. The van der Waals surface area contributed by atoms with E-state index in [2.05, 4.69) is 34.9 Å². The summed E-state index contributed by atoms with van der Waals surface area (Å²) >= 11 is 0. The van der Waals surface area contributed by atoms with Gasteiger partial charge in [0.25, 0.3) is 0 Å². The second-order valence-corrected chi connectivity index (χ2v) is 8.42. The molecule has 2 amide bonds. The lowest BCUT2D eigenvalue weighted by molar-refractivity contribution is -0.142. The number of nitrogens with one attached hydrogen (secondary N) is 2. The SMILES string of the molecule is CC[C@@H](NC(=O)[C@@H]1CCC[C@@H]1NC(=O)OCC1c2ccccc2-c2ccccc21)C(=O)O. The third-order valence-corrected chi connectivity index (χ3v) is 6.52. The zero-order valence-electron chi connectivity index (χ0n) is 18.0. The molecular formula is C25H28N2O5. The van der Waals surface area contributed by atoms with Gasteiger partial charge in [0.1, 0.15) is 12.6 Å². The van der Waals surface area contributed by atoms with Crippen LogP contribution in [0.4, 0.5) is 4.79 Å². The minimum Gasteiger partial charge on any atom is -0.480 e. The lowest BCUT2D eigenvalue weighted by Crippen LogP contribution is -2.48. The maximum atomic E-state index is 12.6. The summed E-state index contributed by atoms with van der Waals surface area (Å²) in [5.74, 6) is -1.87. The Bertz CT molecular complexity index is 975. The summed E-state index contributed by atoms with van der Waals surface area (Å²) in [5, 5.41) is 14.6. The van der Waals surface area contributed by atoms with Gasteiger partial charge in [-0.3, -0.25) is 4.79 Å². The average Bonchev–Trinajstić information content (AvgIpc) is 3.38. The molecule has 0 saturated heterocycles. The van der Waals surface area contributed by atoms with Crippen molar-refractivity contribution < 1.29 is 24.2 Å². The first-order valence-corrected chi connectivity index (χ1v) is 11.1. The molecule has 168 valence electrons. The number of hydrogen-bond donors (Lipinski definition) is 3. The second kappa shape index (κ2) is 9.42. The Morgan fingerprint density at radius 2 is 1.66 bits per heavy atom. The zero-order valence-corrected chi connectivity index (χ0v) is 18.0. The van der Waals surface area contributed by atoms with Crippen molar-refractivity contribution in [1.29, 1.82) is 0 Å². The number of carbonyl (C=O) groups excluding carboxylic acids is 2. The number of carboxylic acid groups (broad SMARTS) is 1. The predicted molar refractivity (Wildman–Crippen MR) is 119 cm³/mol. The summed E-state index contributed by atoms with van der Waals surface area (Å²) in [6.45, 7) is 1.92. The predicted octanol–water partition coefficient (Wildman–Crippen LogP) is 3.67. The summed E-state index contributed by atoms with van der Waals surface area (Å²) in [4.78, 5) is 36.4. The van der Waals surface area contributed by atoms with Crippen molar-refractivity contribution in [3.8, 4) is 11.1 Å². The van der Waals surface area contributed by atoms with Crippen molar-refractivity contribution in [2.24, 2.45) is 5.92 Å². The van der Waals surface area contributed by atoms with Crippen LogP contribution in [0.5, 0.6) is 0 Å². The van der Waals surface area contributed by atoms with Crippen LogP contribution in [0, 0.1) is 5.92 Å². The first-order valence-electron chi connectivity index (χ1n) is 11.1. The number of fused-ring (bicyclic) bond motifs is 3. The molecule has 2 aliphatic carbocycles. The molecule has 1 saturated carbocycles. The Labute approximate surface area is 187 Å². The van der Waals surface area contributed by atoms with Crippen molar-refractivity contribution in [3.63, 3.8) is 0 Å². The van der Waals surface area contributed by atoms with Gasteiger partial charge in [0.15, 0.2) is 0 Å². The molecule has 0 heterocycles. The van der Waals surface area contributed by atoms with E-state index in [4.69, 9.17) is 4.74 Å². The van der Waals surface area contributed by atoms with Gasteiger partial charge < -0.3 is 20.5 Å². The summed E-state index contributed by atoms with van der Waals surface area (Å²) in [6, 6.07) is 15.0. The molecule has 2 aromatic rings. The molecule has 7 heteroatoms. The van der Waals surface area contributed by atoms with E-state index < -0.39 is 24.0 Å². The first kappa shape index (κ1) is 21.9. The number of rotatable bonds is 7. The number of carbonyl (C=O) groups is 3. The summed E-state index contributed by atoms with van der Waals surface area (Å²) in [7, 11) is 0. The van der Waals surface area contributed by atoms with E-state index in [1.54, 1.807) is 6.92 Å². The minimum absolute atomic E-state index is 0.0308. The van der Waals surface area contributed by atoms with Gasteiger partial charge in [0, 0.05) is 12.0 Å². The molecule has 0 radical (unpaired) electrons. The van der Waals surface area contributed by atoms with Gasteiger partial charge >= 0.3 is 12.1 Å². The molecule has 3 N–H and O–H groups in total. The maximum Gasteiger partial charge on any atom is 0.407 e. The Morgan fingerprint density at radius 1 is 1.03 bits per heavy atom. The molecule has 7 nitrogen and oxygen atoms in total. The Kier molecular flexibility index (Phi) is 6.44. The van der Waals surface area contributed by atoms with Crippen LogP contribution in [0.15, 0.2) is 48.5 Å². The molecule has 0 unspecified atom stereocenters. The molecule has 3 atom stereocenters. The third-order valence-electron chi connectivity index (χ3n) is 6.52. The van der Waals surface area contributed by atoms with Crippen molar-refractivity contribution in [2.45, 2.75) is 50.6 Å². The third kappa shape index (κ3) is 4.33. The highest BCUT2D eigenvalue weighted by Crippen LogP contribution is 2.44. The van der Waals surface area contributed by atoms with Crippen LogP contribution in [0.3, 0.4) is 0 Å². The molecule has 2 aliphatic rings. The van der Waals surface area contributed by atoms with E-state index in [1.807, 2.05) is 24.3 Å². The topological polar surface area (TPSA) is 105 Å². The number of aliphatic carboxylic acids is 1. The minimum atomic E-state index is -1.06. The number of benzene rings is 2. The van der Waals surface area contributed by atoms with Crippen LogP contribution < -0.4 is 10.6 Å². The molecule has 1 fully saturated rings. The van der Waals surface area contributed by atoms with Gasteiger partial charge in [-0.1, -0.05) is 61.9 Å². The van der Waals surface area contributed by atoms with Crippen LogP contribution in [0.2, 0.25) is 0 Å². The normalized spacial score (nSPS) is 20.2. The van der Waals surface area contributed by atoms with Crippen molar-refractivity contribution >= 4 is 18.0 Å². The van der Waals surface area contributed by atoms with Crippen LogP contribution in [-0.2, 0) is 14.3 Å². The number of amides is 2. The van der Waals surface area contributed by atoms with E-state index in [1.165, 1.54) is 0 Å². The van der Waals surface area contributed by atoms with Crippen LogP contribution >= 0.6 is 0 Å². The molecule has 32 heavy (non-hydrogen) atoms. The van der Waals surface area contributed by atoms with E-state index in [0.29, 0.717) is 19.3 Å². The van der Waals surface area contributed by atoms with Gasteiger partial charge in [-0.25, -0.2) is 9.59 Å². The van der Waals surface area contributed by atoms with Gasteiger partial charge in [-0.05, 0) is 41.5 Å². The highest BCUT2D eigenvalue weighted by molar-refractivity contribution is 5.86. The van der Waals surface area contributed by atoms with Gasteiger partial charge in [0.2, 0.25) is 5.91 Å². The molecule has 0 aromatic heterocycles. The summed E-state index contributed by atoms with van der Waals surface area (Å²) < 4.78 is 5.59. The molecular weight excluding hydrogens is 408 g/mol. The number of hydrogen-bond acceptors (Lipinski definition) is 4. The highest BCUT2D eigenvalue weighted by Gasteiger charge is 2.36. The smallest absolute Gasteiger partial charge is 0.407 e. The first-order chi connectivity index (χ1) is 15.5. The highest BCUT2D eigenvalue weighted by atomic mass is 16.5. The molecule has 0 spiro atoms. The van der Waals surface area contributed by atoms with Gasteiger partial charge in [0.05, 0.1) is 5.92 Å². The lowest BCUT2D eigenvalue weighted by Gasteiger charge is -2.22. The van der Waals surface area contributed by atoms with Crippen molar-refractivity contribution in [1.82, 2.24) is 10.6 Å². The number of carboxylic acids is 1. The molecule has 0 bridgehead atoms. The Balaban J connectivity index is 1.37. The molecule has 2 aromatic carbocycles. The number of ether oxygens (including phenoxy) is 1. The van der Waals surface area contributed by atoms with Crippen LogP contribution in [0.25, 0.3) is 11.1 Å². The van der Waals surface area contributed by atoms with Crippen LogP contribution in [0.1, 0.15) is 49.7 Å². The fourth-order valence-electron chi connectivity index (χ4n) is 4.86. The van der Waals surface area contributed by atoms with Gasteiger partial charge in [-0.15, -0.1) is 0 Å². The quantitative estimate of drug-likeness (QED) is 0.614. The van der Waals surface area contributed by atoms with E-state index in [-0.39, 0.29) is 24.5 Å². The molecule has 0 aliphatic heterocycles. The van der Waals surface area contributed by atoms with E-state index >= 15 is 0 Å². The maximum absolute atomic E-state index is 12.6. The van der Waals surface area contributed by atoms with Crippen molar-refractivity contribution in [2.75, 3.05) is 6.61 Å². The Morgan fingerprint density at radius 3 is 2.25 bits per heavy atom. The number of alkyl carbamates (subject to hydrolysis) is 1. The van der Waals surface area contributed by atoms with Crippen molar-refractivity contribution in [3.05, 3.63) is 59.7 Å². The largest absolute Gasteiger partial charge is 0.480 e. The average molecular weight is 437 g/mol. The molecule has 4 rings (SSSR count). The Hall–Kier alpha value is -3.35. The van der Waals surface area contributed by atoms with Gasteiger partial charge in [-0.2, -0.15) is 0 Å².